The maximum Gasteiger partial charge on any atom is 0.239 e. The molecular weight excluding hydrogens is 220 g/mol. The lowest BCUT2D eigenvalue weighted by atomic mass is 9.79. The zero-order valence-corrected chi connectivity index (χ0v) is 9.87. The van der Waals surface area contributed by atoms with Gasteiger partial charge in [0.1, 0.15) is 17.5 Å². The summed E-state index contributed by atoms with van der Waals surface area (Å²) in [6, 6.07) is 0. The van der Waals surface area contributed by atoms with Crippen LogP contribution in [-0.4, -0.2) is 28.8 Å². The molecular formula is C11H12N4O2. The van der Waals surface area contributed by atoms with Gasteiger partial charge in [-0.2, -0.15) is 0 Å². The molecule has 3 heterocycles. The number of nitrogens with zero attached hydrogens (tertiary/aromatic N) is 3. The van der Waals surface area contributed by atoms with Gasteiger partial charge in [0.25, 0.3) is 0 Å². The zero-order valence-electron chi connectivity index (χ0n) is 9.87. The van der Waals surface area contributed by atoms with E-state index in [-0.39, 0.29) is 18.2 Å². The van der Waals surface area contributed by atoms with E-state index in [9.17, 15) is 9.59 Å². The van der Waals surface area contributed by atoms with Crippen molar-refractivity contribution in [3.63, 3.8) is 0 Å². The van der Waals surface area contributed by atoms with E-state index >= 15 is 0 Å². The molecule has 1 aromatic heterocycles. The van der Waals surface area contributed by atoms with Crippen molar-refractivity contribution in [1.29, 1.82) is 0 Å². The minimum Gasteiger partial charge on any atom is -0.310 e. The number of aryl methyl sites for hydroxylation is 1. The van der Waals surface area contributed by atoms with Crippen LogP contribution in [0.5, 0.6) is 0 Å². The molecule has 6 nitrogen and oxygen atoms in total. The first kappa shape index (κ1) is 10.2. The number of aromatic nitrogens is 2. The lowest BCUT2D eigenvalue weighted by molar-refractivity contribution is -0.127. The number of hydrogen-bond acceptors (Lipinski definition) is 4. The number of likely N-dealkylation sites (N-methyl/N-ethyl adjacent to an activating group) is 1. The van der Waals surface area contributed by atoms with Crippen LogP contribution < -0.4 is 10.2 Å². The van der Waals surface area contributed by atoms with Crippen molar-refractivity contribution in [2.75, 3.05) is 17.3 Å². The van der Waals surface area contributed by atoms with Crippen LogP contribution in [0, 0.1) is 6.92 Å². The number of rotatable bonds is 0. The topological polar surface area (TPSA) is 75.2 Å². The number of anilines is 2. The molecule has 0 fully saturated rings. The SMILES string of the molecule is Cc1nc2c3c(n1)N(C)C(=O)C3(C)CC(=O)N2. The van der Waals surface area contributed by atoms with Crippen molar-refractivity contribution in [3.05, 3.63) is 11.4 Å². The second-order valence-corrected chi connectivity index (χ2v) is 4.74. The van der Waals surface area contributed by atoms with Gasteiger partial charge in [-0.15, -0.1) is 0 Å². The molecule has 2 amide bonds. The standard InChI is InChI=1S/C11H12N4O2/c1-5-12-8-7-9(13-5)15(3)10(17)11(7,2)4-6(16)14-8/h4H2,1-3H3,(H,12,13,14,16). The van der Waals surface area contributed by atoms with E-state index in [2.05, 4.69) is 15.3 Å². The van der Waals surface area contributed by atoms with Crippen molar-refractivity contribution in [1.82, 2.24) is 9.97 Å². The first-order valence-electron chi connectivity index (χ1n) is 5.40. The van der Waals surface area contributed by atoms with E-state index in [1.54, 1.807) is 20.9 Å². The summed E-state index contributed by atoms with van der Waals surface area (Å²) in [7, 11) is 1.68. The Hall–Kier alpha value is -1.98. The van der Waals surface area contributed by atoms with Crippen LogP contribution >= 0.6 is 0 Å². The van der Waals surface area contributed by atoms with Gasteiger partial charge >= 0.3 is 0 Å². The van der Waals surface area contributed by atoms with Crippen molar-refractivity contribution < 1.29 is 9.59 Å². The van der Waals surface area contributed by atoms with E-state index < -0.39 is 5.41 Å². The minimum absolute atomic E-state index is 0.0940. The Morgan fingerprint density at radius 3 is 2.76 bits per heavy atom. The second kappa shape index (κ2) is 2.82. The molecule has 0 radical (unpaired) electrons. The van der Waals surface area contributed by atoms with Crippen molar-refractivity contribution in [2.45, 2.75) is 25.7 Å². The van der Waals surface area contributed by atoms with Crippen LogP contribution in [0.3, 0.4) is 0 Å². The first-order chi connectivity index (χ1) is 7.93. The van der Waals surface area contributed by atoms with Gasteiger partial charge in [0.05, 0.1) is 11.0 Å². The Kier molecular flexibility index (Phi) is 1.69. The van der Waals surface area contributed by atoms with Gasteiger partial charge in [-0.1, -0.05) is 0 Å². The van der Waals surface area contributed by atoms with Crippen molar-refractivity contribution >= 4 is 23.5 Å². The van der Waals surface area contributed by atoms with Crippen molar-refractivity contribution in [2.24, 2.45) is 0 Å². The maximum absolute atomic E-state index is 12.2. The molecule has 0 aliphatic carbocycles. The van der Waals surface area contributed by atoms with Gasteiger partial charge in [0.15, 0.2) is 0 Å². The summed E-state index contributed by atoms with van der Waals surface area (Å²) < 4.78 is 0. The molecule has 1 unspecified atom stereocenters. The molecule has 2 aliphatic rings. The summed E-state index contributed by atoms with van der Waals surface area (Å²) in [6.07, 6.45) is 0.155. The lowest BCUT2D eigenvalue weighted by Gasteiger charge is -2.27. The van der Waals surface area contributed by atoms with Crippen molar-refractivity contribution in [3.8, 4) is 0 Å². The molecule has 88 valence electrons. The summed E-state index contributed by atoms with van der Waals surface area (Å²) in [5.41, 5.74) is -0.0645. The molecule has 0 bridgehead atoms. The Morgan fingerprint density at radius 2 is 2.06 bits per heavy atom. The average molecular weight is 232 g/mol. The van der Waals surface area contributed by atoms with Gasteiger partial charge in [0.2, 0.25) is 11.8 Å². The predicted molar refractivity (Wildman–Crippen MR) is 60.8 cm³/mol. The highest BCUT2D eigenvalue weighted by Crippen LogP contribution is 2.47. The fourth-order valence-electron chi connectivity index (χ4n) is 2.63. The van der Waals surface area contributed by atoms with Crippen LogP contribution in [0.4, 0.5) is 11.6 Å². The number of amides is 2. The Morgan fingerprint density at radius 1 is 1.35 bits per heavy atom. The van der Waals surface area contributed by atoms with Crippen LogP contribution in [0.2, 0.25) is 0 Å². The summed E-state index contributed by atoms with van der Waals surface area (Å²) in [5, 5.41) is 2.71. The van der Waals surface area contributed by atoms with Crippen LogP contribution in [-0.2, 0) is 15.0 Å². The van der Waals surface area contributed by atoms with Gasteiger partial charge in [-0.25, -0.2) is 9.97 Å². The van der Waals surface area contributed by atoms with E-state index in [0.717, 1.165) is 5.56 Å². The molecule has 0 saturated heterocycles. The lowest BCUT2D eigenvalue weighted by Crippen LogP contribution is -2.41. The number of nitrogens with one attached hydrogen (secondary N) is 1. The van der Waals surface area contributed by atoms with Crippen LogP contribution in [0.25, 0.3) is 0 Å². The Labute approximate surface area is 98.0 Å². The molecule has 1 aromatic rings. The quantitative estimate of drug-likeness (QED) is 0.700. The third-order valence-electron chi connectivity index (χ3n) is 3.42. The Bertz CT molecular complexity index is 569. The van der Waals surface area contributed by atoms with E-state index in [1.807, 2.05) is 0 Å². The van der Waals surface area contributed by atoms with Crippen LogP contribution in [0.15, 0.2) is 0 Å². The highest BCUT2D eigenvalue weighted by molar-refractivity contribution is 6.13. The molecule has 0 saturated carbocycles. The molecule has 0 spiro atoms. The number of carbonyl (C=O) groups is 2. The fraction of sp³-hybridized carbons (Fsp3) is 0.455. The van der Waals surface area contributed by atoms with Gasteiger partial charge in [0, 0.05) is 13.5 Å². The third-order valence-corrected chi connectivity index (χ3v) is 3.42. The monoisotopic (exact) mass is 232 g/mol. The van der Waals surface area contributed by atoms with Gasteiger partial charge in [-0.3, -0.25) is 14.5 Å². The average Bonchev–Trinajstić information content (AvgIpc) is 2.40. The van der Waals surface area contributed by atoms with E-state index in [1.165, 1.54) is 4.90 Å². The molecule has 1 atom stereocenters. The normalized spacial score (nSPS) is 25.9. The summed E-state index contributed by atoms with van der Waals surface area (Å²) in [6.45, 7) is 3.52. The van der Waals surface area contributed by atoms with E-state index in [4.69, 9.17) is 0 Å². The summed E-state index contributed by atoms with van der Waals surface area (Å²) >= 11 is 0. The molecule has 17 heavy (non-hydrogen) atoms. The predicted octanol–water partition coefficient (Wildman–Crippen LogP) is 0.361. The minimum atomic E-state index is -0.810. The summed E-state index contributed by atoms with van der Waals surface area (Å²) in [5.74, 6) is 1.37. The number of carbonyl (C=O) groups excluding carboxylic acids is 2. The highest BCUT2D eigenvalue weighted by Gasteiger charge is 2.52. The Balaban J connectivity index is 2.37. The highest BCUT2D eigenvalue weighted by atomic mass is 16.2. The van der Waals surface area contributed by atoms with Crippen LogP contribution in [0.1, 0.15) is 24.7 Å². The number of hydrogen-bond donors (Lipinski definition) is 1. The van der Waals surface area contributed by atoms with E-state index in [0.29, 0.717) is 17.5 Å². The summed E-state index contributed by atoms with van der Waals surface area (Å²) in [4.78, 5) is 33.9. The molecule has 2 aliphatic heterocycles. The fourth-order valence-corrected chi connectivity index (χ4v) is 2.63. The molecule has 3 rings (SSSR count). The molecule has 6 heteroatoms. The van der Waals surface area contributed by atoms with Gasteiger partial charge in [-0.05, 0) is 13.8 Å². The third kappa shape index (κ3) is 1.09. The molecule has 1 N–H and O–H groups in total. The molecule has 0 aromatic carbocycles. The second-order valence-electron chi connectivity index (χ2n) is 4.74. The first-order valence-corrected chi connectivity index (χ1v) is 5.40. The largest absolute Gasteiger partial charge is 0.310 e. The maximum atomic E-state index is 12.2. The zero-order chi connectivity index (χ0) is 12.4. The van der Waals surface area contributed by atoms with Gasteiger partial charge < -0.3 is 5.32 Å². The smallest absolute Gasteiger partial charge is 0.239 e.